The van der Waals surface area contributed by atoms with Crippen LogP contribution in [0, 0.1) is 17.2 Å². The molecule has 1 fully saturated rings. The molecular formula is C21H20F2N4O5S. The van der Waals surface area contributed by atoms with E-state index in [4.69, 9.17) is 5.11 Å². The molecule has 2 N–H and O–H groups in total. The quantitative estimate of drug-likeness (QED) is 0.618. The Balaban J connectivity index is 1.69. The van der Waals surface area contributed by atoms with Crippen molar-refractivity contribution in [3.8, 4) is 6.07 Å². The van der Waals surface area contributed by atoms with Crippen molar-refractivity contribution >= 4 is 27.7 Å². The summed E-state index contributed by atoms with van der Waals surface area (Å²) in [5, 5.41) is 18.5. The van der Waals surface area contributed by atoms with Crippen molar-refractivity contribution in [2.45, 2.75) is 25.0 Å². The summed E-state index contributed by atoms with van der Waals surface area (Å²) in [6, 6.07) is 11.0. The van der Waals surface area contributed by atoms with Crippen LogP contribution >= 0.6 is 0 Å². The average Bonchev–Trinajstić information content (AvgIpc) is 2.78. The number of nitriles is 1. The lowest BCUT2D eigenvalue weighted by molar-refractivity contribution is -0.123. The van der Waals surface area contributed by atoms with Gasteiger partial charge in [-0.3, -0.25) is 9.52 Å². The number of pyridine rings is 1. The van der Waals surface area contributed by atoms with Crippen molar-refractivity contribution in [3.05, 3.63) is 58.8 Å². The van der Waals surface area contributed by atoms with Crippen LogP contribution in [0.1, 0.15) is 46.4 Å². The molecule has 1 aliphatic heterocycles. The lowest BCUT2D eigenvalue weighted by Gasteiger charge is -2.32. The number of benzene rings is 1. The Hall–Kier alpha value is -3.59. The number of hydrogen-bond acceptors (Lipinski definition) is 7. The molecule has 1 aromatic heterocycles. The average molecular weight is 478 g/mol. The molecule has 3 rings (SSSR count). The van der Waals surface area contributed by atoms with Gasteiger partial charge in [-0.05, 0) is 24.5 Å². The van der Waals surface area contributed by atoms with Gasteiger partial charge in [0.15, 0.2) is 0 Å². The number of hydrogen-bond donors (Lipinski definition) is 2. The number of halogens is 2. The minimum absolute atomic E-state index is 0.0895. The second-order valence-corrected chi connectivity index (χ2v) is 9.20. The molecule has 12 heteroatoms. The van der Waals surface area contributed by atoms with Crippen molar-refractivity contribution < 1.29 is 31.9 Å². The molecule has 0 saturated carbocycles. The number of piperidine rings is 1. The zero-order valence-electron chi connectivity index (χ0n) is 17.2. The molecule has 0 unspecified atom stereocenters. The molecule has 1 aliphatic rings. The molecule has 0 bridgehead atoms. The minimum Gasteiger partial charge on any atom is -0.478 e. The van der Waals surface area contributed by atoms with E-state index in [1.54, 1.807) is 36.4 Å². The molecular weight excluding hydrogens is 458 g/mol. The number of alkyl halides is 2. The molecule has 0 spiro atoms. The number of aromatic carboxylic acids is 1. The molecule has 0 aliphatic carbocycles. The van der Waals surface area contributed by atoms with Gasteiger partial charge in [0.2, 0.25) is 15.9 Å². The summed E-state index contributed by atoms with van der Waals surface area (Å²) < 4.78 is 53.3. The smallest absolute Gasteiger partial charge is 0.337 e. The monoisotopic (exact) mass is 478 g/mol. The number of rotatable bonds is 7. The fourth-order valence-electron chi connectivity index (χ4n) is 3.60. The number of nitrogens with zero attached hydrogens (tertiary/aromatic N) is 3. The van der Waals surface area contributed by atoms with Crippen LogP contribution in [0.15, 0.2) is 36.4 Å². The largest absolute Gasteiger partial charge is 0.478 e. The molecule has 0 atom stereocenters. The normalized spacial score (nSPS) is 14.7. The summed E-state index contributed by atoms with van der Waals surface area (Å²) in [4.78, 5) is 29.0. The van der Waals surface area contributed by atoms with Crippen LogP contribution in [0.5, 0.6) is 0 Å². The maximum Gasteiger partial charge on any atom is 0.337 e. The van der Waals surface area contributed by atoms with Crippen LogP contribution in [-0.4, -0.2) is 43.5 Å². The van der Waals surface area contributed by atoms with E-state index in [1.807, 2.05) is 0 Å². The highest BCUT2D eigenvalue weighted by molar-refractivity contribution is 7.89. The first-order valence-corrected chi connectivity index (χ1v) is 11.6. The first kappa shape index (κ1) is 24.1. The van der Waals surface area contributed by atoms with Gasteiger partial charge in [0.25, 0.3) is 6.43 Å². The first-order valence-electron chi connectivity index (χ1n) is 9.91. The minimum atomic E-state index is -3.90. The van der Waals surface area contributed by atoms with Crippen LogP contribution < -0.4 is 9.62 Å². The SMILES string of the molecule is N#Cc1cc(C(=O)O)c(C(F)F)nc1N1CCC(C(=O)NS(=O)(=O)Cc2ccccc2)CC1. The van der Waals surface area contributed by atoms with Crippen LogP contribution in [-0.2, 0) is 20.6 Å². The summed E-state index contributed by atoms with van der Waals surface area (Å²) in [5.74, 6) is -3.35. The zero-order valence-corrected chi connectivity index (χ0v) is 18.1. The van der Waals surface area contributed by atoms with Gasteiger partial charge in [0.05, 0.1) is 16.9 Å². The molecule has 1 aromatic carbocycles. The van der Waals surface area contributed by atoms with Crippen molar-refractivity contribution in [1.29, 1.82) is 5.26 Å². The molecule has 2 heterocycles. The Labute approximate surface area is 188 Å². The van der Waals surface area contributed by atoms with Gasteiger partial charge in [-0.15, -0.1) is 0 Å². The van der Waals surface area contributed by atoms with Gasteiger partial charge < -0.3 is 10.0 Å². The second kappa shape index (κ2) is 9.91. The van der Waals surface area contributed by atoms with Gasteiger partial charge in [-0.25, -0.2) is 27.0 Å². The van der Waals surface area contributed by atoms with Crippen LogP contribution in [0.2, 0.25) is 0 Å². The van der Waals surface area contributed by atoms with E-state index in [2.05, 4.69) is 9.71 Å². The summed E-state index contributed by atoms with van der Waals surface area (Å²) in [7, 11) is -3.90. The molecule has 1 saturated heterocycles. The Kier molecular flexibility index (Phi) is 7.23. The Morgan fingerprint density at radius 1 is 1.24 bits per heavy atom. The fraction of sp³-hybridized carbons (Fsp3) is 0.333. The number of nitrogens with one attached hydrogen (secondary N) is 1. The van der Waals surface area contributed by atoms with Crippen molar-refractivity contribution in [1.82, 2.24) is 9.71 Å². The van der Waals surface area contributed by atoms with E-state index in [1.165, 1.54) is 4.90 Å². The number of carboxylic acid groups (broad SMARTS) is 1. The van der Waals surface area contributed by atoms with Crippen molar-refractivity contribution in [2.75, 3.05) is 18.0 Å². The Bertz CT molecular complexity index is 1190. The van der Waals surface area contributed by atoms with Crippen molar-refractivity contribution in [3.63, 3.8) is 0 Å². The fourth-order valence-corrected chi connectivity index (χ4v) is 4.77. The number of carboxylic acids is 1. The maximum absolute atomic E-state index is 13.3. The molecule has 0 radical (unpaired) electrons. The van der Waals surface area contributed by atoms with E-state index in [0.29, 0.717) is 5.56 Å². The predicted octanol–water partition coefficient (Wildman–Crippen LogP) is 2.45. The van der Waals surface area contributed by atoms with E-state index in [0.717, 1.165) is 6.07 Å². The number of aromatic nitrogens is 1. The highest BCUT2D eigenvalue weighted by atomic mass is 32.2. The number of anilines is 1. The topological polar surface area (TPSA) is 140 Å². The third-order valence-corrected chi connectivity index (χ3v) is 6.44. The maximum atomic E-state index is 13.3. The van der Waals surface area contributed by atoms with Gasteiger partial charge in [0, 0.05) is 19.0 Å². The Morgan fingerprint density at radius 3 is 2.42 bits per heavy atom. The molecule has 1 amide bonds. The zero-order chi connectivity index (χ0) is 24.2. The lowest BCUT2D eigenvalue weighted by atomic mass is 9.96. The van der Waals surface area contributed by atoms with Crippen LogP contribution in [0.25, 0.3) is 0 Å². The highest BCUT2D eigenvalue weighted by Crippen LogP contribution is 2.30. The van der Waals surface area contributed by atoms with E-state index >= 15 is 0 Å². The van der Waals surface area contributed by atoms with E-state index < -0.39 is 45.5 Å². The van der Waals surface area contributed by atoms with E-state index in [-0.39, 0.29) is 43.1 Å². The molecule has 2 aromatic rings. The van der Waals surface area contributed by atoms with Crippen LogP contribution in [0.3, 0.4) is 0 Å². The van der Waals surface area contributed by atoms with Crippen molar-refractivity contribution in [2.24, 2.45) is 5.92 Å². The Morgan fingerprint density at radius 2 is 1.88 bits per heavy atom. The second-order valence-electron chi connectivity index (χ2n) is 7.48. The first-order chi connectivity index (χ1) is 15.6. The van der Waals surface area contributed by atoms with Gasteiger partial charge in [-0.1, -0.05) is 30.3 Å². The third-order valence-electron chi connectivity index (χ3n) is 5.21. The molecule has 9 nitrogen and oxygen atoms in total. The van der Waals surface area contributed by atoms with Crippen LogP contribution in [0.4, 0.5) is 14.6 Å². The molecule has 174 valence electrons. The van der Waals surface area contributed by atoms with Gasteiger partial charge in [-0.2, -0.15) is 5.26 Å². The predicted molar refractivity (Wildman–Crippen MR) is 113 cm³/mol. The third kappa shape index (κ3) is 5.81. The summed E-state index contributed by atoms with van der Waals surface area (Å²) in [6.07, 6.45) is -2.76. The number of carbonyl (C=O) groups is 2. The summed E-state index contributed by atoms with van der Waals surface area (Å²) in [5.41, 5.74) is -1.33. The van der Waals surface area contributed by atoms with Gasteiger partial charge >= 0.3 is 5.97 Å². The summed E-state index contributed by atoms with van der Waals surface area (Å²) in [6.45, 7) is 0.293. The van der Waals surface area contributed by atoms with E-state index in [9.17, 15) is 32.0 Å². The highest BCUT2D eigenvalue weighted by Gasteiger charge is 2.31. The molecule has 33 heavy (non-hydrogen) atoms. The van der Waals surface area contributed by atoms with Gasteiger partial charge in [0.1, 0.15) is 17.6 Å². The standard InChI is InChI=1S/C21H20F2N4O5S/c22-18(23)17-16(21(29)30)10-15(11-24)19(25-17)27-8-6-14(7-9-27)20(28)26-33(31,32)12-13-4-2-1-3-5-13/h1-5,10,14,18H,6-9,12H2,(H,26,28)(H,29,30). The number of amides is 1. The number of carbonyl (C=O) groups excluding carboxylic acids is 1. The number of sulfonamides is 1. The summed E-state index contributed by atoms with van der Waals surface area (Å²) >= 11 is 0. The lowest BCUT2D eigenvalue weighted by Crippen LogP contribution is -2.43.